The molecule has 8 nitrogen and oxygen atoms in total. The molecule has 1 aliphatic carbocycles. The van der Waals surface area contributed by atoms with Crippen LogP contribution >= 0.6 is 0 Å². The molecule has 3 unspecified atom stereocenters. The normalized spacial score (nSPS) is 24.7. The molecule has 3 atom stereocenters. The zero-order chi connectivity index (χ0) is 34.5. The molecule has 2 N–H and O–H groups in total. The van der Waals surface area contributed by atoms with Crippen molar-refractivity contribution in [1.82, 2.24) is 20.4 Å². The number of carbonyl (C=O) groups is 3. The van der Waals surface area contributed by atoms with Gasteiger partial charge in [-0.3, -0.25) is 14.4 Å². The SMILES string of the molecule is CCCCC1(CNC(=O)c2cc(-c3ccc(CN(C)C)cc3)cc(N(C)C3CCC(NC(C)=O)CC3)c2C)C(=O)N(C)C(C)CC1C. The minimum absolute atomic E-state index is 0.0274. The maximum atomic E-state index is 14.2. The summed E-state index contributed by atoms with van der Waals surface area (Å²) in [5, 5.41) is 6.37. The fourth-order valence-corrected chi connectivity index (χ4v) is 7.90. The summed E-state index contributed by atoms with van der Waals surface area (Å²) in [5.41, 5.74) is 5.34. The Bertz CT molecular complexity index is 1400. The van der Waals surface area contributed by atoms with E-state index in [-0.39, 0.29) is 35.7 Å². The second-order valence-electron chi connectivity index (χ2n) is 14.8. The molecule has 0 radical (unpaired) electrons. The summed E-state index contributed by atoms with van der Waals surface area (Å²) in [6.45, 7) is 11.3. The fraction of sp³-hybridized carbons (Fsp3) is 0.615. The topological polar surface area (TPSA) is 85.0 Å². The van der Waals surface area contributed by atoms with Gasteiger partial charge in [-0.1, -0.05) is 51.0 Å². The summed E-state index contributed by atoms with van der Waals surface area (Å²) in [6, 6.07) is 13.6. The van der Waals surface area contributed by atoms with Crippen LogP contribution in [0.1, 0.15) is 101 Å². The molecule has 2 aromatic carbocycles. The first-order valence-electron chi connectivity index (χ1n) is 17.7. The van der Waals surface area contributed by atoms with E-state index in [9.17, 15) is 14.4 Å². The van der Waals surface area contributed by atoms with Crippen LogP contribution in [0, 0.1) is 18.3 Å². The molecule has 2 aliphatic rings. The summed E-state index contributed by atoms with van der Waals surface area (Å²) >= 11 is 0. The van der Waals surface area contributed by atoms with Gasteiger partial charge >= 0.3 is 0 Å². The Morgan fingerprint density at radius 1 is 1.00 bits per heavy atom. The number of benzene rings is 2. The Balaban J connectivity index is 1.67. The third-order valence-electron chi connectivity index (χ3n) is 11.0. The van der Waals surface area contributed by atoms with Crippen molar-refractivity contribution in [1.29, 1.82) is 0 Å². The molecule has 1 aliphatic heterocycles. The number of amides is 3. The number of hydrogen-bond acceptors (Lipinski definition) is 5. The van der Waals surface area contributed by atoms with Gasteiger partial charge in [0.05, 0.1) is 5.41 Å². The van der Waals surface area contributed by atoms with Crippen LogP contribution in [0.3, 0.4) is 0 Å². The highest BCUT2D eigenvalue weighted by atomic mass is 16.2. The highest BCUT2D eigenvalue weighted by Gasteiger charge is 2.49. The molecule has 0 bridgehead atoms. The van der Waals surface area contributed by atoms with Crippen LogP contribution in [0.4, 0.5) is 5.69 Å². The van der Waals surface area contributed by atoms with E-state index in [2.05, 4.69) is 92.7 Å². The number of nitrogens with zero attached hydrogens (tertiary/aromatic N) is 3. The van der Waals surface area contributed by atoms with Gasteiger partial charge in [0.25, 0.3) is 5.91 Å². The quantitative estimate of drug-likeness (QED) is 0.279. The Morgan fingerprint density at radius 3 is 2.26 bits per heavy atom. The number of piperidine rings is 1. The fourth-order valence-electron chi connectivity index (χ4n) is 7.90. The second kappa shape index (κ2) is 15.7. The number of carbonyl (C=O) groups excluding carboxylic acids is 3. The molecule has 1 saturated carbocycles. The summed E-state index contributed by atoms with van der Waals surface area (Å²) in [5.74, 6) is 0.223. The van der Waals surface area contributed by atoms with E-state index in [1.807, 2.05) is 24.9 Å². The maximum Gasteiger partial charge on any atom is 0.251 e. The van der Waals surface area contributed by atoms with Gasteiger partial charge in [0.15, 0.2) is 0 Å². The van der Waals surface area contributed by atoms with Crippen molar-refractivity contribution in [2.24, 2.45) is 11.3 Å². The number of rotatable bonds is 12. The van der Waals surface area contributed by atoms with Gasteiger partial charge in [0.2, 0.25) is 11.8 Å². The average Bonchev–Trinajstić information content (AvgIpc) is 3.03. The molecule has 8 heteroatoms. The summed E-state index contributed by atoms with van der Waals surface area (Å²) in [6.07, 6.45) is 7.47. The largest absolute Gasteiger partial charge is 0.371 e. The minimum Gasteiger partial charge on any atom is -0.371 e. The number of nitrogens with one attached hydrogen (secondary N) is 2. The van der Waals surface area contributed by atoms with Crippen LogP contribution in [0.2, 0.25) is 0 Å². The molecule has 1 saturated heterocycles. The molecular formula is C39H59N5O3. The van der Waals surface area contributed by atoms with Gasteiger partial charge in [-0.2, -0.15) is 0 Å². The van der Waals surface area contributed by atoms with Crippen LogP contribution in [0.5, 0.6) is 0 Å². The maximum absolute atomic E-state index is 14.2. The van der Waals surface area contributed by atoms with Gasteiger partial charge < -0.3 is 25.3 Å². The zero-order valence-corrected chi connectivity index (χ0v) is 30.4. The first kappa shape index (κ1) is 36.4. The molecule has 3 amide bonds. The van der Waals surface area contributed by atoms with Gasteiger partial charge in [0, 0.05) is 63.5 Å². The van der Waals surface area contributed by atoms with E-state index in [0.29, 0.717) is 18.2 Å². The first-order chi connectivity index (χ1) is 22.3. The van der Waals surface area contributed by atoms with E-state index in [1.165, 1.54) is 5.56 Å². The van der Waals surface area contributed by atoms with E-state index >= 15 is 0 Å². The van der Waals surface area contributed by atoms with Crippen molar-refractivity contribution >= 4 is 23.4 Å². The summed E-state index contributed by atoms with van der Waals surface area (Å²) in [7, 11) is 8.18. The van der Waals surface area contributed by atoms with E-state index in [4.69, 9.17) is 0 Å². The number of anilines is 1. The van der Waals surface area contributed by atoms with Crippen molar-refractivity contribution in [2.45, 2.75) is 111 Å². The van der Waals surface area contributed by atoms with Gasteiger partial charge in [-0.25, -0.2) is 0 Å². The third kappa shape index (κ3) is 8.37. The summed E-state index contributed by atoms with van der Waals surface area (Å²) < 4.78 is 0. The lowest BCUT2D eigenvalue weighted by molar-refractivity contribution is -0.153. The highest BCUT2D eigenvalue weighted by Crippen LogP contribution is 2.42. The lowest BCUT2D eigenvalue weighted by Gasteiger charge is -2.48. The molecule has 1 heterocycles. The third-order valence-corrected chi connectivity index (χ3v) is 11.0. The predicted molar refractivity (Wildman–Crippen MR) is 193 cm³/mol. The van der Waals surface area contributed by atoms with Crippen molar-refractivity contribution in [3.8, 4) is 11.1 Å². The highest BCUT2D eigenvalue weighted by molar-refractivity contribution is 5.99. The minimum atomic E-state index is -0.604. The summed E-state index contributed by atoms with van der Waals surface area (Å²) in [4.78, 5) is 46.1. The standard InChI is InChI=1S/C39H59N5O3/c1-10-11-20-39(26(2)21-27(3)43(8)38(39)47)25-40-37(46)35-22-32(31-14-12-30(13-15-31)24-42(6)7)23-36(28(35)4)44(9)34-18-16-33(17-19-34)41-29(5)45/h12-15,22-23,26-27,33-34H,10-11,16-21,24-25H2,1-9H3,(H,40,46)(H,41,45). The van der Waals surface area contributed by atoms with Crippen LogP contribution in [-0.2, 0) is 16.1 Å². The molecule has 47 heavy (non-hydrogen) atoms. The predicted octanol–water partition coefficient (Wildman–Crippen LogP) is 6.40. The van der Waals surface area contributed by atoms with E-state index < -0.39 is 5.41 Å². The molecule has 2 fully saturated rings. The van der Waals surface area contributed by atoms with Crippen LogP contribution in [0.25, 0.3) is 11.1 Å². The average molecular weight is 646 g/mol. The second-order valence-corrected chi connectivity index (χ2v) is 14.8. The molecule has 0 aromatic heterocycles. The van der Waals surface area contributed by atoms with Gasteiger partial charge in [0.1, 0.15) is 0 Å². The van der Waals surface area contributed by atoms with E-state index in [0.717, 1.165) is 80.3 Å². The van der Waals surface area contributed by atoms with Crippen molar-refractivity contribution in [2.75, 3.05) is 39.6 Å². The Kier molecular flexibility index (Phi) is 12.2. The lowest BCUT2D eigenvalue weighted by Crippen LogP contribution is -2.59. The molecule has 0 spiro atoms. The van der Waals surface area contributed by atoms with Crippen LogP contribution < -0.4 is 15.5 Å². The Labute approximate surface area is 283 Å². The molecule has 258 valence electrons. The molecule has 4 rings (SSSR count). The van der Waals surface area contributed by atoms with Gasteiger partial charge in [-0.15, -0.1) is 0 Å². The number of hydrogen-bond donors (Lipinski definition) is 2. The number of unbranched alkanes of at least 4 members (excludes halogenated alkanes) is 1. The van der Waals surface area contributed by atoms with Crippen molar-refractivity contribution in [3.63, 3.8) is 0 Å². The van der Waals surface area contributed by atoms with Gasteiger partial charge in [-0.05, 0) is 107 Å². The Morgan fingerprint density at radius 2 is 1.66 bits per heavy atom. The molecular weight excluding hydrogens is 586 g/mol. The van der Waals surface area contributed by atoms with Crippen LogP contribution in [-0.4, -0.2) is 80.4 Å². The number of likely N-dealkylation sites (tertiary alicyclic amines) is 1. The zero-order valence-electron chi connectivity index (χ0n) is 30.4. The monoisotopic (exact) mass is 645 g/mol. The van der Waals surface area contributed by atoms with E-state index in [1.54, 1.807) is 6.92 Å². The van der Waals surface area contributed by atoms with Crippen molar-refractivity contribution < 1.29 is 14.4 Å². The smallest absolute Gasteiger partial charge is 0.251 e. The molecule has 2 aromatic rings. The Hall–Kier alpha value is -3.39. The van der Waals surface area contributed by atoms with Crippen LogP contribution in [0.15, 0.2) is 36.4 Å². The first-order valence-corrected chi connectivity index (χ1v) is 17.7. The lowest BCUT2D eigenvalue weighted by atomic mass is 9.66. The van der Waals surface area contributed by atoms with Crippen molar-refractivity contribution in [3.05, 3.63) is 53.1 Å².